The van der Waals surface area contributed by atoms with Crippen molar-refractivity contribution in [2.75, 3.05) is 31.7 Å². The van der Waals surface area contributed by atoms with Gasteiger partial charge in [0.25, 0.3) is 0 Å². The molecule has 0 radical (unpaired) electrons. The molecule has 0 bridgehead atoms. The standard InChI is InChI=1S/C12H15Cl2NO3/c1-2-18-12(16)8-17-6-5-15-11-4-3-9(13)7-10(11)14/h3-4,7,15H,2,5-6,8H2,1H3. The second-order valence-electron chi connectivity index (χ2n) is 3.41. The SMILES string of the molecule is CCOC(=O)COCCNc1ccc(Cl)cc1Cl. The first kappa shape index (κ1) is 15.1. The van der Waals surface area contributed by atoms with Crippen molar-refractivity contribution < 1.29 is 14.3 Å². The van der Waals surface area contributed by atoms with Gasteiger partial charge in [0.1, 0.15) is 6.61 Å². The zero-order valence-electron chi connectivity index (χ0n) is 10.0. The lowest BCUT2D eigenvalue weighted by atomic mass is 10.3. The van der Waals surface area contributed by atoms with Gasteiger partial charge in [-0.1, -0.05) is 23.2 Å². The van der Waals surface area contributed by atoms with Gasteiger partial charge in [-0.15, -0.1) is 0 Å². The Morgan fingerprint density at radius 2 is 2.17 bits per heavy atom. The van der Waals surface area contributed by atoms with E-state index in [1.165, 1.54) is 0 Å². The molecule has 0 saturated carbocycles. The summed E-state index contributed by atoms with van der Waals surface area (Å²) in [5.41, 5.74) is 0.779. The van der Waals surface area contributed by atoms with Crippen molar-refractivity contribution in [2.24, 2.45) is 0 Å². The van der Waals surface area contributed by atoms with Crippen LogP contribution in [-0.4, -0.2) is 32.3 Å². The molecule has 4 nitrogen and oxygen atoms in total. The molecule has 0 atom stereocenters. The molecule has 0 amide bonds. The summed E-state index contributed by atoms with van der Waals surface area (Å²) in [6.45, 7) is 3.01. The molecule has 0 heterocycles. The predicted molar refractivity (Wildman–Crippen MR) is 72.4 cm³/mol. The normalized spacial score (nSPS) is 10.2. The van der Waals surface area contributed by atoms with E-state index in [-0.39, 0.29) is 12.6 Å². The highest BCUT2D eigenvalue weighted by atomic mass is 35.5. The van der Waals surface area contributed by atoms with E-state index in [0.717, 1.165) is 5.69 Å². The monoisotopic (exact) mass is 291 g/mol. The first-order valence-electron chi connectivity index (χ1n) is 5.55. The first-order chi connectivity index (χ1) is 8.63. The number of halogens is 2. The van der Waals surface area contributed by atoms with Crippen molar-refractivity contribution in [1.82, 2.24) is 0 Å². The zero-order valence-corrected chi connectivity index (χ0v) is 11.6. The van der Waals surface area contributed by atoms with Gasteiger partial charge in [0, 0.05) is 11.6 Å². The van der Waals surface area contributed by atoms with Gasteiger partial charge in [0.05, 0.1) is 23.9 Å². The zero-order chi connectivity index (χ0) is 13.4. The topological polar surface area (TPSA) is 47.6 Å². The van der Waals surface area contributed by atoms with Crippen LogP contribution in [0.15, 0.2) is 18.2 Å². The Hall–Kier alpha value is -0.970. The molecule has 0 unspecified atom stereocenters. The van der Waals surface area contributed by atoms with E-state index in [1.54, 1.807) is 25.1 Å². The highest BCUT2D eigenvalue weighted by Gasteiger charge is 2.02. The second-order valence-corrected chi connectivity index (χ2v) is 4.25. The number of rotatable bonds is 7. The summed E-state index contributed by atoms with van der Waals surface area (Å²) in [5.74, 6) is -0.359. The third-order valence-electron chi connectivity index (χ3n) is 2.02. The highest BCUT2D eigenvalue weighted by molar-refractivity contribution is 6.36. The number of carbonyl (C=O) groups is 1. The molecule has 0 aliphatic carbocycles. The summed E-state index contributed by atoms with van der Waals surface area (Å²) in [6, 6.07) is 5.19. The van der Waals surface area contributed by atoms with E-state index in [9.17, 15) is 4.79 Å². The number of benzene rings is 1. The number of hydrogen-bond donors (Lipinski definition) is 1. The Morgan fingerprint density at radius 1 is 1.39 bits per heavy atom. The third-order valence-corrected chi connectivity index (χ3v) is 2.57. The second kappa shape index (κ2) is 8.19. The maximum atomic E-state index is 11.0. The summed E-state index contributed by atoms with van der Waals surface area (Å²) >= 11 is 11.7. The van der Waals surface area contributed by atoms with E-state index in [1.807, 2.05) is 0 Å². The van der Waals surface area contributed by atoms with E-state index >= 15 is 0 Å². The molecule has 0 saturated heterocycles. The first-order valence-corrected chi connectivity index (χ1v) is 6.31. The Morgan fingerprint density at radius 3 is 2.83 bits per heavy atom. The van der Waals surface area contributed by atoms with E-state index in [4.69, 9.17) is 32.7 Å². The summed E-state index contributed by atoms with van der Waals surface area (Å²) in [6.07, 6.45) is 0. The number of anilines is 1. The third kappa shape index (κ3) is 5.58. The minimum Gasteiger partial charge on any atom is -0.464 e. The summed E-state index contributed by atoms with van der Waals surface area (Å²) in [5, 5.41) is 4.21. The number of nitrogens with one attached hydrogen (secondary N) is 1. The van der Waals surface area contributed by atoms with Crippen LogP contribution in [-0.2, 0) is 14.3 Å². The van der Waals surface area contributed by atoms with Crippen LogP contribution in [0.25, 0.3) is 0 Å². The van der Waals surface area contributed by atoms with Gasteiger partial charge in [-0.05, 0) is 25.1 Å². The lowest BCUT2D eigenvalue weighted by Crippen LogP contribution is -2.16. The van der Waals surface area contributed by atoms with Crippen molar-refractivity contribution in [3.05, 3.63) is 28.2 Å². The Labute approximate surface area is 116 Å². The largest absolute Gasteiger partial charge is 0.464 e. The molecule has 100 valence electrons. The van der Waals surface area contributed by atoms with Gasteiger partial charge < -0.3 is 14.8 Å². The van der Waals surface area contributed by atoms with Gasteiger partial charge in [0.15, 0.2) is 0 Å². The molecular formula is C12H15Cl2NO3. The van der Waals surface area contributed by atoms with E-state index < -0.39 is 0 Å². The fourth-order valence-electron chi connectivity index (χ4n) is 1.25. The summed E-state index contributed by atoms with van der Waals surface area (Å²) < 4.78 is 9.85. The molecule has 18 heavy (non-hydrogen) atoms. The average Bonchev–Trinajstić information content (AvgIpc) is 2.31. The molecule has 1 rings (SSSR count). The van der Waals surface area contributed by atoms with Crippen LogP contribution in [0.2, 0.25) is 10.0 Å². The minimum absolute atomic E-state index is 0.0378. The van der Waals surface area contributed by atoms with Gasteiger partial charge in [-0.3, -0.25) is 0 Å². The molecule has 1 N–H and O–H groups in total. The smallest absolute Gasteiger partial charge is 0.332 e. The van der Waals surface area contributed by atoms with Crippen molar-refractivity contribution in [3.8, 4) is 0 Å². The van der Waals surface area contributed by atoms with Gasteiger partial charge in [-0.2, -0.15) is 0 Å². The Bertz CT molecular complexity index is 399. The molecule has 1 aromatic rings. The van der Waals surface area contributed by atoms with Crippen molar-refractivity contribution in [2.45, 2.75) is 6.92 Å². The molecule has 0 aliphatic rings. The van der Waals surface area contributed by atoms with Gasteiger partial charge >= 0.3 is 5.97 Å². The molecule has 6 heteroatoms. The molecule has 0 spiro atoms. The number of carbonyl (C=O) groups excluding carboxylic acids is 1. The van der Waals surface area contributed by atoms with Crippen molar-refractivity contribution in [1.29, 1.82) is 0 Å². The van der Waals surface area contributed by atoms with Crippen LogP contribution in [0, 0.1) is 0 Å². The van der Waals surface area contributed by atoms with E-state index in [2.05, 4.69) is 5.32 Å². The van der Waals surface area contributed by atoms with Crippen LogP contribution >= 0.6 is 23.2 Å². The van der Waals surface area contributed by atoms with Crippen LogP contribution in [0.3, 0.4) is 0 Å². The van der Waals surface area contributed by atoms with Gasteiger partial charge in [-0.25, -0.2) is 4.79 Å². The Balaban J connectivity index is 2.20. The summed E-state index contributed by atoms with van der Waals surface area (Å²) in [7, 11) is 0. The highest BCUT2D eigenvalue weighted by Crippen LogP contribution is 2.24. The van der Waals surface area contributed by atoms with Crippen LogP contribution in [0.1, 0.15) is 6.92 Å². The molecule has 0 aromatic heterocycles. The lowest BCUT2D eigenvalue weighted by molar-refractivity contribution is -0.148. The predicted octanol–water partition coefficient (Wildman–Crippen LogP) is 2.99. The van der Waals surface area contributed by atoms with Crippen molar-refractivity contribution in [3.63, 3.8) is 0 Å². The van der Waals surface area contributed by atoms with Crippen molar-refractivity contribution >= 4 is 34.9 Å². The molecule has 1 aromatic carbocycles. The molecule has 0 aliphatic heterocycles. The Kier molecular flexibility index (Phi) is 6.86. The number of hydrogen-bond acceptors (Lipinski definition) is 4. The number of esters is 1. The molecule has 0 fully saturated rings. The van der Waals surface area contributed by atoms with E-state index in [0.29, 0.717) is 29.8 Å². The quantitative estimate of drug-likeness (QED) is 0.620. The average molecular weight is 292 g/mol. The fraction of sp³-hybridized carbons (Fsp3) is 0.417. The van der Waals surface area contributed by atoms with Crippen LogP contribution < -0.4 is 5.32 Å². The molecular weight excluding hydrogens is 277 g/mol. The fourth-order valence-corrected chi connectivity index (χ4v) is 1.72. The van der Waals surface area contributed by atoms with Crippen LogP contribution in [0.4, 0.5) is 5.69 Å². The number of ether oxygens (including phenoxy) is 2. The lowest BCUT2D eigenvalue weighted by Gasteiger charge is -2.09. The minimum atomic E-state index is -0.359. The summed E-state index contributed by atoms with van der Waals surface area (Å²) in [4.78, 5) is 11.0. The maximum absolute atomic E-state index is 11.0. The van der Waals surface area contributed by atoms with Gasteiger partial charge in [0.2, 0.25) is 0 Å². The maximum Gasteiger partial charge on any atom is 0.332 e. The van der Waals surface area contributed by atoms with Crippen LogP contribution in [0.5, 0.6) is 0 Å².